The maximum Gasteiger partial charge on any atom is 0.0625 e. The molecule has 0 radical (unpaired) electrons. The average Bonchev–Trinajstić information content (AvgIpc) is 2.19. The molecule has 0 aliphatic heterocycles. The SMILES string of the molecule is CP.N#CCCc1ccccc1. The molecule has 0 heterocycles. The van der Waals surface area contributed by atoms with Crippen molar-refractivity contribution in [1.29, 1.82) is 5.26 Å². The van der Waals surface area contributed by atoms with E-state index in [2.05, 4.69) is 15.3 Å². The Morgan fingerprint density at radius 1 is 1.25 bits per heavy atom. The summed E-state index contributed by atoms with van der Waals surface area (Å²) < 4.78 is 0. The lowest BCUT2D eigenvalue weighted by Gasteiger charge is -1.92. The Morgan fingerprint density at radius 2 is 1.83 bits per heavy atom. The van der Waals surface area contributed by atoms with E-state index < -0.39 is 0 Å². The molecule has 0 N–H and O–H groups in total. The molecule has 12 heavy (non-hydrogen) atoms. The average molecular weight is 179 g/mol. The zero-order chi connectivity index (χ0) is 9.23. The van der Waals surface area contributed by atoms with Gasteiger partial charge in [-0.3, -0.25) is 0 Å². The van der Waals surface area contributed by atoms with Gasteiger partial charge in [0, 0.05) is 6.42 Å². The number of aryl methyl sites for hydroxylation is 1. The molecule has 0 spiro atoms. The van der Waals surface area contributed by atoms with E-state index in [9.17, 15) is 0 Å². The standard InChI is InChI=1S/C9H9N.CH5P/c10-8-4-7-9-5-2-1-3-6-9;1-2/h1-3,5-6H,4,7H2;2H2,1H3. The normalized spacial score (nSPS) is 7.75. The first kappa shape index (κ1) is 11.1. The van der Waals surface area contributed by atoms with Gasteiger partial charge in [-0.05, 0) is 12.0 Å². The second kappa shape index (κ2) is 8.24. The minimum Gasteiger partial charge on any atom is -0.198 e. The largest absolute Gasteiger partial charge is 0.198 e. The van der Waals surface area contributed by atoms with Crippen molar-refractivity contribution in [3.8, 4) is 6.07 Å². The van der Waals surface area contributed by atoms with Gasteiger partial charge in [-0.2, -0.15) is 5.26 Å². The van der Waals surface area contributed by atoms with Gasteiger partial charge in [-0.25, -0.2) is 0 Å². The van der Waals surface area contributed by atoms with Crippen LogP contribution in [-0.4, -0.2) is 6.66 Å². The van der Waals surface area contributed by atoms with Crippen LogP contribution in [0.15, 0.2) is 30.3 Å². The van der Waals surface area contributed by atoms with E-state index in [4.69, 9.17) is 5.26 Å². The van der Waals surface area contributed by atoms with Crippen LogP contribution < -0.4 is 0 Å². The first-order valence-corrected chi connectivity index (χ1v) is 5.07. The molecule has 1 aromatic rings. The molecule has 1 aromatic carbocycles. The van der Waals surface area contributed by atoms with Crippen molar-refractivity contribution < 1.29 is 0 Å². The zero-order valence-corrected chi connectivity index (χ0v) is 8.48. The highest BCUT2D eigenvalue weighted by atomic mass is 31.0. The lowest BCUT2D eigenvalue weighted by molar-refractivity contribution is 1.01. The Balaban J connectivity index is 0.000000561. The van der Waals surface area contributed by atoms with E-state index in [0.717, 1.165) is 6.42 Å². The van der Waals surface area contributed by atoms with Crippen LogP contribution in [-0.2, 0) is 6.42 Å². The van der Waals surface area contributed by atoms with E-state index >= 15 is 0 Å². The summed E-state index contributed by atoms with van der Waals surface area (Å²) in [6.07, 6.45) is 1.49. The highest BCUT2D eigenvalue weighted by molar-refractivity contribution is 7.15. The van der Waals surface area contributed by atoms with Crippen LogP contribution in [0, 0.1) is 11.3 Å². The third-order valence-corrected chi connectivity index (χ3v) is 1.37. The molecule has 1 atom stereocenters. The van der Waals surface area contributed by atoms with Crippen LogP contribution in [0.3, 0.4) is 0 Å². The van der Waals surface area contributed by atoms with E-state index in [1.54, 1.807) is 0 Å². The lowest BCUT2D eigenvalue weighted by Crippen LogP contribution is -1.80. The van der Waals surface area contributed by atoms with Gasteiger partial charge in [-0.15, -0.1) is 9.24 Å². The van der Waals surface area contributed by atoms with Crippen molar-refractivity contribution in [3.05, 3.63) is 35.9 Å². The molecule has 64 valence electrons. The monoisotopic (exact) mass is 179 g/mol. The minimum atomic E-state index is 0.615. The highest BCUT2D eigenvalue weighted by Gasteiger charge is 1.87. The Kier molecular flexibility index (Phi) is 7.65. The quantitative estimate of drug-likeness (QED) is 0.640. The second-order valence-electron chi connectivity index (χ2n) is 2.14. The molecule has 0 fully saturated rings. The summed E-state index contributed by atoms with van der Waals surface area (Å²) in [5, 5.41) is 8.28. The summed E-state index contributed by atoms with van der Waals surface area (Å²) in [6, 6.07) is 12.2. The van der Waals surface area contributed by atoms with Crippen molar-refractivity contribution in [2.75, 3.05) is 6.66 Å². The van der Waals surface area contributed by atoms with E-state index in [0.29, 0.717) is 6.42 Å². The zero-order valence-electron chi connectivity index (χ0n) is 7.33. The molecule has 0 aliphatic rings. The topological polar surface area (TPSA) is 23.8 Å². The van der Waals surface area contributed by atoms with E-state index in [1.807, 2.05) is 37.0 Å². The third-order valence-electron chi connectivity index (χ3n) is 1.37. The number of nitrogens with zero attached hydrogens (tertiary/aromatic N) is 1. The van der Waals surface area contributed by atoms with Crippen LogP contribution in [0.2, 0.25) is 0 Å². The molecule has 0 amide bonds. The summed E-state index contributed by atoms with van der Waals surface area (Å²) >= 11 is 0. The van der Waals surface area contributed by atoms with Crippen LogP contribution in [0.25, 0.3) is 0 Å². The molecule has 1 unspecified atom stereocenters. The summed E-state index contributed by atoms with van der Waals surface area (Å²) in [5.74, 6) is 0. The van der Waals surface area contributed by atoms with E-state index in [-0.39, 0.29) is 0 Å². The van der Waals surface area contributed by atoms with Gasteiger partial charge in [0.25, 0.3) is 0 Å². The van der Waals surface area contributed by atoms with E-state index in [1.165, 1.54) is 5.56 Å². The van der Waals surface area contributed by atoms with Crippen LogP contribution >= 0.6 is 9.24 Å². The van der Waals surface area contributed by atoms with Gasteiger partial charge in [0.1, 0.15) is 0 Å². The van der Waals surface area contributed by atoms with Gasteiger partial charge >= 0.3 is 0 Å². The Bertz CT molecular complexity index is 225. The molecule has 0 aliphatic carbocycles. The lowest BCUT2D eigenvalue weighted by atomic mass is 10.1. The van der Waals surface area contributed by atoms with Crippen LogP contribution in [0.4, 0.5) is 0 Å². The van der Waals surface area contributed by atoms with Gasteiger partial charge < -0.3 is 0 Å². The van der Waals surface area contributed by atoms with Crippen molar-refractivity contribution in [2.45, 2.75) is 12.8 Å². The number of hydrogen-bond acceptors (Lipinski definition) is 1. The fourth-order valence-corrected chi connectivity index (χ4v) is 0.845. The van der Waals surface area contributed by atoms with Gasteiger partial charge in [0.05, 0.1) is 6.07 Å². The Morgan fingerprint density at radius 3 is 2.33 bits per heavy atom. The van der Waals surface area contributed by atoms with Crippen molar-refractivity contribution in [3.63, 3.8) is 0 Å². The molecule has 1 rings (SSSR count). The second-order valence-corrected chi connectivity index (χ2v) is 2.14. The number of nitriles is 1. The summed E-state index contributed by atoms with van der Waals surface area (Å²) in [7, 11) is 2.42. The smallest absolute Gasteiger partial charge is 0.0625 e. The van der Waals surface area contributed by atoms with Crippen LogP contribution in [0.5, 0.6) is 0 Å². The Labute approximate surface area is 76.6 Å². The molecule has 0 saturated heterocycles. The predicted octanol–water partition coefficient (Wildman–Crippen LogP) is 2.63. The molecular formula is C10H14NP. The van der Waals surface area contributed by atoms with Crippen LogP contribution in [0.1, 0.15) is 12.0 Å². The fraction of sp³-hybridized carbons (Fsp3) is 0.300. The maximum atomic E-state index is 8.28. The van der Waals surface area contributed by atoms with Crippen molar-refractivity contribution >= 4 is 9.24 Å². The first-order chi connectivity index (χ1) is 5.93. The number of hydrogen-bond donors (Lipinski definition) is 0. The fourth-order valence-electron chi connectivity index (χ4n) is 0.845. The predicted molar refractivity (Wildman–Crippen MR) is 56.0 cm³/mol. The van der Waals surface area contributed by atoms with Crippen molar-refractivity contribution in [2.24, 2.45) is 0 Å². The number of benzene rings is 1. The summed E-state index contributed by atoms with van der Waals surface area (Å²) in [4.78, 5) is 0. The molecular weight excluding hydrogens is 165 g/mol. The molecule has 0 saturated carbocycles. The Hall–Kier alpha value is -0.860. The summed E-state index contributed by atoms with van der Waals surface area (Å²) in [6.45, 7) is 1.92. The highest BCUT2D eigenvalue weighted by Crippen LogP contribution is 2.00. The van der Waals surface area contributed by atoms with Crippen molar-refractivity contribution in [1.82, 2.24) is 0 Å². The minimum absolute atomic E-state index is 0.615. The maximum absolute atomic E-state index is 8.28. The summed E-state index contributed by atoms with van der Waals surface area (Å²) in [5.41, 5.74) is 1.24. The molecule has 0 aromatic heterocycles. The number of rotatable bonds is 2. The van der Waals surface area contributed by atoms with Gasteiger partial charge in [0.2, 0.25) is 0 Å². The van der Waals surface area contributed by atoms with Gasteiger partial charge in [-0.1, -0.05) is 37.0 Å². The first-order valence-electron chi connectivity index (χ1n) is 3.92. The third kappa shape index (κ3) is 4.88. The molecule has 0 bridgehead atoms. The van der Waals surface area contributed by atoms with Gasteiger partial charge in [0.15, 0.2) is 0 Å². The molecule has 2 heteroatoms. The molecule has 1 nitrogen and oxygen atoms in total.